The molecule has 270 valence electrons. The van der Waals surface area contributed by atoms with Crippen LogP contribution in [0.2, 0.25) is 0 Å². The molecule has 10 rings (SSSR count). The van der Waals surface area contributed by atoms with Gasteiger partial charge in [0.05, 0.1) is 16.8 Å². The zero-order valence-corrected chi connectivity index (χ0v) is 31.7. The summed E-state index contributed by atoms with van der Waals surface area (Å²) in [5.41, 5.74) is 17.3. The van der Waals surface area contributed by atoms with E-state index in [1.54, 1.807) is 0 Å². The molecule has 2 heteroatoms. The quantitative estimate of drug-likeness (QED) is 0.150. The summed E-state index contributed by atoms with van der Waals surface area (Å²) < 4.78 is 6.95. The van der Waals surface area contributed by atoms with Gasteiger partial charge in [0, 0.05) is 22.3 Å². The average molecular weight is 730 g/mol. The largest absolute Gasteiger partial charge is 0.456 e. The summed E-state index contributed by atoms with van der Waals surface area (Å²) in [7, 11) is 0. The molecule has 0 N–H and O–H groups in total. The Morgan fingerprint density at radius 1 is 0.474 bits per heavy atom. The van der Waals surface area contributed by atoms with E-state index in [0.29, 0.717) is 0 Å². The molecule has 0 bridgehead atoms. The van der Waals surface area contributed by atoms with Gasteiger partial charge in [-0.2, -0.15) is 0 Å². The van der Waals surface area contributed by atoms with Gasteiger partial charge in [-0.3, -0.25) is 0 Å². The third kappa shape index (κ3) is 5.69. The lowest BCUT2D eigenvalue weighted by Gasteiger charge is -2.40. The highest BCUT2D eigenvalue weighted by Crippen LogP contribution is 2.63. The zero-order chi connectivity index (χ0) is 38.3. The highest BCUT2D eigenvalue weighted by atomic mass is 16.5. The van der Waals surface area contributed by atoms with E-state index >= 15 is 0 Å². The molecule has 0 unspecified atom stereocenters. The van der Waals surface area contributed by atoms with Crippen molar-refractivity contribution in [3.63, 3.8) is 0 Å². The maximum Gasteiger partial charge on any atom is 0.140 e. The molecule has 0 amide bonds. The van der Waals surface area contributed by atoms with E-state index < -0.39 is 5.41 Å². The summed E-state index contributed by atoms with van der Waals surface area (Å²) in [5, 5.41) is 0. The number of hydrogen-bond donors (Lipinski definition) is 0. The molecule has 1 aliphatic carbocycles. The third-order valence-corrected chi connectivity index (χ3v) is 11.5. The van der Waals surface area contributed by atoms with Crippen LogP contribution in [0, 0.1) is 0 Å². The Balaban J connectivity index is 1.05. The number of aliphatic imine (C=N–C) groups is 1. The van der Waals surface area contributed by atoms with Crippen molar-refractivity contribution in [1.82, 2.24) is 0 Å². The molecule has 0 radical (unpaired) electrons. The van der Waals surface area contributed by atoms with Crippen molar-refractivity contribution in [1.29, 1.82) is 0 Å². The molecule has 1 heterocycles. The van der Waals surface area contributed by atoms with Crippen molar-refractivity contribution in [2.45, 2.75) is 12.3 Å². The van der Waals surface area contributed by atoms with E-state index in [0.717, 1.165) is 73.0 Å². The molecule has 0 fully saturated rings. The van der Waals surface area contributed by atoms with E-state index in [4.69, 9.17) is 9.73 Å². The van der Waals surface area contributed by atoms with Crippen LogP contribution in [-0.2, 0) is 5.41 Å². The molecular formula is C55H39NO. The molecule has 2 aliphatic rings. The van der Waals surface area contributed by atoms with E-state index in [1.165, 1.54) is 27.8 Å². The molecule has 1 aliphatic heterocycles. The Morgan fingerprint density at radius 2 is 0.965 bits per heavy atom. The minimum atomic E-state index is -0.495. The van der Waals surface area contributed by atoms with Crippen molar-refractivity contribution in [3.05, 3.63) is 252 Å². The Morgan fingerprint density at radius 3 is 1.63 bits per heavy atom. The van der Waals surface area contributed by atoms with Gasteiger partial charge in [0.1, 0.15) is 11.5 Å². The first-order valence-electron chi connectivity index (χ1n) is 19.5. The highest BCUT2D eigenvalue weighted by Gasteiger charge is 2.51. The Bertz CT molecular complexity index is 2840. The van der Waals surface area contributed by atoms with Gasteiger partial charge in [0.2, 0.25) is 0 Å². The van der Waals surface area contributed by atoms with Crippen LogP contribution < -0.4 is 4.74 Å². The second-order valence-electron chi connectivity index (χ2n) is 14.7. The van der Waals surface area contributed by atoms with Gasteiger partial charge in [0.25, 0.3) is 0 Å². The molecule has 0 saturated heterocycles. The first kappa shape index (κ1) is 34.2. The van der Waals surface area contributed by atoms with E-state index in [2.05, 4.69) is 171 Å². The van der Waals surface area contributed by atoms with Gasteiger partial charge >= 0.3 is 0 Å². The van der Waals surface area contributed by atoms with Gasteiger partial charge in [0.15, 0.2) is 0 Å². The summed E-state index contributed by atoms with van der Waals surface area (Å²) in [5.74, 6) is 1.79. The van der Waals surface area contributed by atoms with Crippen LogP contribution in [0.5, 0.6) is 11.5 Å². The predicted octanol–water partition coefficient (Wildman–Crippen LogP) is 14.1. The van der Waals surface area contributed by atoms with E-state index in [1.807, 2.05) is 48.5 Å². The maximum absolute atomic E-state index is 6.95. The van der Waals surface area contributed by atoms with Crippen LogP contribution in [0.25, 0.3) is 44.7 Å². The lowest BCUT2D eigenvalue weighted by molar-refractivity contribution is 0.438. The summed E-state index contributed by atoms with van der Waals surface area (Å²) in [6.45, 7) is 6.49. The minimum Gasteiger partial charge on any atom is -0.456 e. The number of fused-ring (bicyclic) bond motifs is 9. The second kappa shape index (κ2) is 14.1. The molecule has 0 saturated carbocycles. The maximum atomic E-state index is 6.95. The number of para-hydroxylation sites is 2. The number of ether oxygens (including phenoxy) is 1. The van der Waals surface area contributed by atoms with Gasteiger partial charge in [-0.1, -0.05) is 201 Å². The van der Waals surface area contributed by atoms with Crippen LogP contribution in [0.4, 0.5) is 0 Å². The second-order valence-corrected chi connectivity index (χ2v) is 14.7. The third-order valence-electron chi connectivity index (χ3n) is 11.5. The topological polar surface area (TPSA) is 21.6 Å². The fraction of sp³-hybridized carbons (Fsp3) is 0.0364. The number of benzene rings is 8. The van der Waals surface area contributed by atoms with Gasteiger partial charge < -0.3 is 4.74 Å². The molecule has 2 nitrogen and oxygen atoms in total. The van der Waals surface area contributed by atoms with Crippen LogP contribution in [0.1, 0.15) is 45.9 Å². The summed E-state index contributed by atoms with van der Waals surface area (Å²) >= 11 is 0. The monoisotopic (exact) mass is 729 g/mol. The molecule has 1 spiro atoms. The van der Waals surface area contributed by atoms with Crippen molar-refractivity contribution in [2.75, 3.05) is 0 Å². The normalized spacial score (nSPS) is 13.6. The van der Waals surface area contributed by atoms with E-state index in [9.17, 15) is 0 Å². The fourth-order valence-corrected chi connectivity index (χ4v) is 8.93. The molecule has 8 aromatic rings. The number of hydrogen-bond acceptors (Lipinski definition) is 2. The van der Waals surface area contributed by atoms with Crippen LogP contribution in [0.3, 0.4) is 0 Å². The smallest absolute Gasteiger partial charge is 0.140 e. The molecule has 8 aromatic carbocycles. The van der Waals surface area contributed by atoms with Gasteiger partial charge in [-0.25, -0.2) is 4.99 Å². The Hall–Kier alpha value is -7.29. The van der Waals surface area contributed by atoms with Crippen molar-refractivity contribution in [2.24, 2.45) is 4.99 Å². The highest BCUT2D eigenvalue weighted by molar-refractivity contribution is 6.14. The van der Waals surface area contributed by atoms with Crippen molar-refractivity contribution >= 4 is 17.0 Å². The Labute approximate surface area is 334 Å². The lowest BCUT2D eigenvalue weighted by Crippen LogP contribution is -2.32. The van der Waals surface area contributed by atoms with E-state index in [-0.39, 0.29) is 0 Å². The minimum absolute atomic E-state index is 0.495. The SMILES string of the molecule is C=C(/N=C(\C=C(/C)c1ccccc1-c1ccc(-c2cccc3c2Oc2ccccc2C32c3ccccc3-c3ccccc32)cc1)c1ccccc1)c1ccccc1. The summed E-state index contributed by atoms with van der Waals surface area (Å²) in [4.78, 5) is 5.06. The number of nitrogens with zero attached hydrogens (tertiary/aromatic N) is 1. The molecule has 57 heavy (non-hydrogen) atoms. The number of allylic oxidation sites excluding steroid dienone is 2. The van der Waals surface area contributed by atoms with Crippen molar-refractivity contribution in [3.8, 4) is 44.9 Å². The Kier molecular flexibility index (Phi) is 8.46. The molecular weight excluding hydrogens is 691 g/mol. The van der Waals surface area contributed by atoms with Crippen LogP contribution in [0.15, 0.2) is 218 Å². The van der Waals surface area contributed by atoms with Gasteiger partial charge in [-0.15, -0.1) is 0 Å². The lowest BCUT2D eigenvalue weighted by atomic mass is 9.65. The van der Waals surface area contributed by atoms with Crippen LogP contribution >= 0.6 is 0 Å². The summed E-state index contributed by atoms with van der Waals surface area (Å²) in [6, 6.07) is 70.9. The standard InChI is InChI=1S/C55H39NO/c1-37(36-52(42-20-7-4-8-21-42)56-38(2)39-18-5-3-6-19-39)43-22-9-10-23-44(43)40-32-34-41(35-33-40)45-26-17-30-51-54(45)57-53-31-16-15-29-50(53)55(51)48-27-13-11-24-46(48)47-25-12-14-28-49(47)55/h3-36H,2H2,1H3/b37-36+,56-52+. The first-order chi connectivity index (χ1) is 28.1. The predicted molar refractivity (Wildman–Crippen MR) is 237 cm³/mol. The van der Waals surface area contributed by atoms with Crippen molar-refractivity contribution < 1.29 is 4.74 Å². The first-order valence-corrected chi connectivity index (χ1v) is 19.5. The number of rotatable bonds is 7. The summed E-state index contributed by atoms with van der Waals surface area (Å²) in [6.07, 6.45) is 2.18. The average Bonchev–Trinajstić information content (AvgIpc) is 3.57. The fourth-order valence-electron chi connectivity index (χ4n) is 8.93. The van der Waals surface area contributed by atoms with Crippen LogP contribution in [-0.4, -0.2) is 5.71 Å². The molecule has 0 aromatic heterocycles. The van der Waals surface area contributed by atoms with Gasteiger partial charge in [-0.05, 0) is 74.7 Å². The zero-order valence-electron chi connectivity index (χ0n) is 31.7. The molecule has 0 atom stereocenters.